The van der Waals surface area contributed by atoms with Gasteiger partial charge in [0.15, 0.2) is 0 Å². The summed E-state index contributed by atoms with van der Waals surface area (Å²) >= 11 is 0. The van der Waals surface area contributed by atoms with Gasteiger partial charge in [0.2, 0.25) is 0 Å². The van der Waals surface area contributed by atoms with Gasteiger partial charge < -0.3 is 10.2 Å². The van der Waals surface area contributed by atoms with Crippen LogP contribution in [-0.2, 0) is 0 Å². The molecule has 1 aromatic rings. The first kappa shape index (κ1) is 14.6. The predicted molar refractivity (Wildman–Crippen MR) is 77.1 cm³/mol. The van der Waals surface area contributed by atoms with E-state index < -0.39 is 0 Å². The van der Waals surface area contributed by atoms with Crippen molar-refractivity contribution >= 4 is 11.6 Å². The zero-order valence-corrected chi connectivity index (χ0v) is 12.3. The van der Waals surface area contributed by atoms with E-state index in [9.17, 15) is 4.79 Å². The molecule has 18 heavy (non-hydrogen) atoms. The van der Waals surface area contributed by atoms with Crippen molar-refractivity contribution < 1.29 is 4.79 Å². The topological polar surface area (TPSA) is 32.3 Å². The second-order valence-electron chi connectivity index (χ2n) is 6.02. The summed E-state index contributed by atoms with van der Waals surface area (Å²) in [6.07, 6.45) is 0. The molecule has 0 aromatic heterocycles. The van der Waals surface area contributed by atoms with Crippen LogP contribution in [-0.4, -0.2) is 31.4 Å². The summed E-state index contributed by atoms with van der Waals surface area (Å²) < 4.78 is 0. The van der Waals surface area contributed by atoms with E-state index in [1.54, 1.807) is 4.90 Å². The second-order valence-corrected chi connectivity index (χ2v) is 6.02. The van der Waals surface area contributed by atoms with E-state index in [0.29, 0.717) is 0 Å². The number of aryl methyl sites for hydroxylation is 1. The average Bonchev–Trinajstić information content (AvgIpc) is 2.25. The minimum Gasteiger partial charge on any atom is -0.387 e. The van der Waals surface area contributed by atoms with E-state index in [1.807, 2.05) is 39.2 Å². The Morgan fingerprint density at radius 3 is 2.44 bits per heavy atom. The summed E-state index contributed by atoms with van der Waals surface area (Å²) in [6.45, 7) is 9.15. The summed E-state index contributed by atoms with van der Waals surface area (Å²) in [7, 11) is 3.70. The Labute approximate surface area is 110 Å². The molecule has 0 aliphatic rings. The smallest absolute Gasteiger partial charge is 0.255 e. The summed E-state index contributed by atoms with van der Waals surface area (Å²) in [6, 6.07) is 5.86. The van der Waals surface area contributed by atoms with Crippen LogP contribution in [0.3, 0.4) is 0 Å². The third-order valence-electron chi connectivity index (χ3n) is 2.73. The van der Waals surface area contributed by atoms with Crippen molar-refractivity contribution in [1.29, 1.82) is 0 Å². The van der Waals surface area contributed by atoms with Crippen LogP contribution in [0.1, 0.15) is 36.7 Å². The third-order valence-corrected chi connectivity index (χ3v) is 2.73. The predicted octanol–water partition coefficient (Wildman–Crippen LogP) is 3.15. The molecule has 0 aliphatic carbocycles. The number of anilines is 1. The molecule has 3 nitrogen and oxygen atoms in total. The number of benzene rings is 1. The lowest BCUT2D eigenvalue weighted by atomic mass is 9.96. The molecule has 1 N–H and O–H groups in total. The van der Waals surface area contributed by atoms with Crippen molar-refractivity contribution in [2.75, 3.05) is 26.0 Å². The van der Waals surface area contributed by atoms with Crippen molar-refractivity contribution in [1.82, 2.24) is 4.90 Å². The van der Waals surface area contributed by atoms with Crippen LogP contribution in [0.2, 0.25) is 0 Å². The van der Waals surface area contributed by atoms with Gasteiger partial charge in [0.25, 0.3) is 5.91 Å². The Kier molecular flexibility index (Phi) is 4.38. The molecule has 0 heterocycles. The summed E-state index contributed by atoms with van der Waals surface area (Å²) in [5.74, 6) is 0.0641. The zero-order valence-electron chi connectivity index (χ0n) is 12.3. The lowest BCUT2D eigenvalue weighted by Gasteiger charge is -2.27. The Hall–Kier alpha value is -1.51. The molecule has 0 aliphatic heterocycles. The van der Waals surface area contributed by atoms with Gasteiger partial charge >= 0.3 is 0 Å². The number of hydrogen-bond donors (Lipinski definition) is 1. The third kappa shape index (κ3) is 3.76. The zero-order chi connectivity index (χ0) is 13.9. The van der Waals surface area contributed by atoms with Gasteiger partial charge in [-0.25, -0.2) is 0 Å². The first-order chi connectivity index (χ1) is 8.24. The number of carbonyl (C=O) groups is 1. The molecule has 0 unspecified atom stereocenters. The van der Waals surface area contributed by atoms with Crippen molar-refractivity contribution in [3.8, 4) is 0 Å². The Morgan fingerprint density at radius 1 is 1.33 bits per heavy atom. The van der Waals surface area contributed by atoms with Crippen LogP contribution in [0.25, 0.3) is 0 Å². The van der Waals surface area contributed by atoms with Gasteiger partial charge in [0, 0.05) is 26.3 Å². The highest BCUT2D eigenvalue weighted by Gasteiger charge is 2.20. The highest BCUT2D eigenvalue weighted by atomic mass is 16.2. The van der Waals surface area contributed by atoms with Gasteiger partial charge in [-0.3, -0.25) is 4.79 Å². The monoisotopic (exact) mass is 248 g/mol. The van der Waals surface area contributed by atoms with E-state index in [2.05, 4.69) is 26.1 Å². The normalized spacial score (nSPS) is 11.2. The van der Waals surface area contributed by atoms with Crippen molar-refractivity contribution in [2.24, 2.45) is 5.41 Å². The highest BCUT2D eigenvalue weighted by Crippen LogP contribution is 2.21. The second kappa shape index (κ2) is 5.42. The van der Waals surface area contributed by atoms with Crippen LogP contribution in [0.4, 0.5) is 5.69 Å². The molecule has 1 amide bonds. The maximum atomic E-state index is 12.4. The number of rotatable bonds is 3. The molecule has 0 saturated heterocycles. The van der Waals surface area contributed by atoms with Gasteiger partial charge in [-0.05, 0) is 30.0 Å². The van der Waals surface area contributed by atoms with E-state index in [-0.39, 0.29) is 11.3 Å². The Morgan fingerprint density at radius 2 is 1.94 bits per heavy atom. The molecule has 0 saturated carbocycles. The molecular formula is C15H24N2O. The van der Waals surface area contributed by atoms with Crippen molar-refractivity contribution in [3.63, 3.8) is 0 Å². The SMILES string of the molecule is CNc1cc(C)ccc1C(=O)N(C)CC(C)(C)C. The van der Waals surface area contributed by atoms with Gasteiger partial charge in [-0.15, -0.1) is 0 Å². The molecule has 0 atom stereocenters. The van der Waals surface area contributed by atoms with Gasteiger partial charge in [-0.2, -0.15) is 0 Å². The fourth-order valence-corrected chi connectivity index (χ4v) is 2.04. The van der Waals surface area contributed by atoms with Crippen LogP contribution in [0.15, 0.2) is 18.2 Å². The first-order valence-electron chi connectivity index (χ1n) is 6.28. The largest absolute Gasteiger partial charge is 0.387 e. The molecule has 0 spiro atoms. The number of amides is 1. The Bertz CT molecular complexity index is 433. The van der Waals surface area contributed by atoms with Crippen LogP contribution < -0.4 is 5.32 Å². The lowest BCUT2D eigenvalue weighted by molar-refractivity contribution is 0.0746. The van der Waals surface area contributed by atoms with Crippen LogP contribution in [0.5, 0.6) is 0 Å². The molecular weight excluding hydrogens is 224 g/mol. The standard InChI is InChI=1S/C15H24N2O/c1-11-7-8-12(13(9-11)16-5)14(18)17(6)10-15(2,3)4/h7-9,16H,10H2,1-6H3. The number of nitrogens with one attached hydrogen (secondary N) is 1. The Balaban J connectivity index is 2.96. The van der Waals surface area contributed by atoms with Crippen LogP contribution >= 0.6 is 0 Å². The minimum absolute atomic E-state index is 0.0641. The van der Waals surface area contributed by atoms with E-state index in [4.69, 9.17) is 0 Å². The van der Waals surface area contributed by atoms with E-state index in [1.165, 1.54) is 0 Å². The van der Waals surface area contributed by atoms with Crippen LogP contribution in [0, 0.1) is 12.3 Å². The van der Waals surface area contributed by atoms with Gasteiger partial charge in [-0.1, -0.05) is 26.8 Å². The number of carbonyl (C=O) groups excluding carboxylic acids is 1. The quantitative estimate of drug-likeness (QED) is 0.891. The van der Waals surface area contributed by atoms with Crippen molar-refractivity contribution in [3.05, 3.63) is 29.3 Å². The highest BCUT2D eigenvalue weighted by molar-refractivity contribution is 5.99. The molecule has 1 aromatic carbocycles. The summed E-state index contributed by atoms with van der Waals surface area (Å²) in [4.78, 5) is 14.2. The molecule has 0 radical (unpaired) electrons. The molecule has 1 rings (SSSR count). The number of nitrogens with zero attached hydrogens (tertiary/aromatic N) is 1. The van der Waals surface area contributed by atoms with E-state index in [0.717, 1.165) is 23.4 Å². The maximum absolute atomic E-state index is 12.4. The lowest BCUT2D eigenvalue weighted by Crippen LogP contribution is -2.34. The maximum Gasteiger partial charge on any atom is 0.255 e. The molecule has 0 fully saturated rings. The van der Waals surface area contributed by atoms with Gasteiger partial charge in [0.1, 0.15) is 0 Å². The van der Waals surface area contributed by atoms with Gasteiger partial charge in [0.05, 0.1) is 5.56 Å². The molecule has 100 valence electrons. The molecule has 0 bridgehead atoms. The van der Waals surface area contributed by atoms with Crippen molar-refractivity contribution in [2.45, 2.75) is 27.7 Å². The summed E-state index contributed by atoms with van der Waals surface area (Å²) in [5.41, 5.74) is 2.87. The molecule has 3 heteroatoms. The van der Waals surface area contributed by atoms with E-state index >= 15 is 0 Å². The fraction of sp³-hybridized carbons (Fsp3) is 0.533. The fourth-order valence-electron chi connectivity index (χ4n) is 2.04. The summed E-state index contributed by atoms with van der Waals surface area (Å²) in [5, 5.41) is 3.09. The first-order valence-corrected chi connectivity index (χ1v) is 6.28. The minimum atomic E-state index is 0.0641. The average molecular weight is 248 g/mol. The number of hydrogen-bond acceptors (Lipinski definition) is 2.